The lowest BCUT2D eigenvalue weighted by molar-refractivity contribution is -0.142. The van der Waals surface area contributed by atoms with Gasteiger partial charge in [0.1, 0.15) is 0 Å². The first-order valence-electron chi connectivity index (χ1n) is 3.98. The molecule has 0 saturated carbocycles. The number of hydrogen-bond donors (Lipinski definition) is 1. The number of aliphatic hydroxyl groups excluding tert-OH is 1. The van der Waals surface area contributed by atoms with Crippen molar-refractivity contribution in [1.29, 1.82) is 0 Å². The van der Waals surface area contributed by atoms with E-state index >= 15 is 0 Å². The summed E-state index contributed by atoms with van der Waals surface area (Å²) in [5, 5.41) is 8.65. The molecule has 1 fully saturated rings. The summed E-state index contributed by atoms with van der Waals surface area (Å²) in [4.78, 5) is 0. The van der Waals surface area contributed by atoms with Gasteiger partial charge in [0, 0.05) is 12.5 Å². The summed E-state index contributed by atoms with van der Waals surface area (Å²) in [5.74, 6) is 1.22. The van der Waals surface area contributed by atoms with E-state index in [0.717, 1.165) is 13.0 Å². The fourth-order valence-electron chi connectivity index (χ4n) is 1.49. The highest BCUT2D eigenvalue weighted by molar-refractivity contribution is 4.80. The second-order valence-corrected chi connectivity index (χ2v) is 3.31. The van der Waals surface area contributed by atoms with Crippen LogP contribution in [0.3, 0.4) is 0 Å². The predicted molar refractivity (Wildman–Crippen MR) is 39.8 cm³/mol. The van der Waals surface area contributed by atoms with Gasteiger partial charge in [-0.05, 0) is 12.3 Å². The smallest absolute Gasteiger partial charge is 0.0649 e. The van der Waals surface area contributed by atoms with Crippen LogP contribution < -0.4 is 0 Å². The van der Waals surface area contributed by atoms with Crippen molar-refractivity contribution in [2.75, 3.05) is 13.2 Å². The van der Waals surface area contributed by atoms with Gasteiger partial charge >= 0.3 is 0 Å². The van der Waals surface area contributed by atoms with Crippen LogP contribution in [0.1, 0.15) is 20.3 Å². The van der Waals surface area contributed by atoms with Crippen molar-refractivity contribution < 1.29 is 9.84 Å². The molecular formula is C8H16O2. The van der Waals surface area contributed by atoms with Crippen molar-refractivity contribution >= 4 is 0 Å². The molecule has 2 nitrogen and oxygen atoms in total. The molecule has 1 aliphatic heterocycles. The van der Waals surface area contributed by atoms with Gasteiger partial charge in [0.25, 0.3) is 0 Å². The number of aliphatic hydroxyl groups is 1. The molecule has 2 heteroatoms. The van der Waals surface area contributed by atoms with Crippen LogP contribution in [0, 0.1) is 11.8 Å². The van der Waals surface area contributed by atoms with Crippen LogP contribution in [0.2, 0.25) is 0 Å². The molecule has 2 atom stereocenters. The normalized spacial score (nSPS) is 32.4. The van der Waals surface area contributed by atoms with Crippen molar-refractivity contribution in [3.63, 3.8) is 0 Å². The van der Waals surface area contributed by atoms with Crippen LogP contribution >= 0.6 is 0 Å². The van der Waals surface area contributed by atoms with Crippen LogP contribution in [0.25, 0.3) is 0 Å². The van der Waals surface area contributed by atoms with E-state index < -0.39 is 0 Å². The first-order chi connectivity index (χ1) is 4.75. The Morgan fingerprint density at radius 3 is 2.60 bits per heavy atom. The van der Waals surface area contributed by atoms with Gasteiger partial charge in [-0.1, -0.05) is 13.8 Å². The van der Waals surface area contributed by atoms with E-state index in [2.05, 4.69) is 13.8 Å². The molecule has 1 rings (SSSR count). The molecule has 0 bridgehead atoms. The quantitative estimate of drug-likeness (QED) is 0.641. The lowest BCUT2D eigenvalue weighted by Crippen LogP contribution is -2.43. The Labute approximate surface area is 62.2 Å². The minimum absolute atomic E-state index is 0.303. The molecule has 0 radical (unpaired) electrons. The van der Waals surface area contributed by atoms with Gasteiger partial charge in [-0.25, -0.2) is 0 Å². The summed E-state index contributed by atoms with van der Waals surface area (Å²) in [6.07, 6.45) is 1.32. The molecule has 1 N–H and O–H groups in total. The Bertz CT molecular complexity index is 101. The SMILES string of the molecule is CC(C)C1OCC1CCO. The zero-order valence-electron chi connectivity index (χ0n) is 6.71. The molecule has 0 aromatic heterocycles. The first kappa shape index (κ1) is 8.02. The van der Waals surface area contributed by atoms with Crippen LogP contribution in [0.5, 0.6) is 0 Å². The van der Waals surface area contributed by atoms with Crippen molar-refractivity contribution in [3.8, 4) is 0 Å². The minimum Gasteiger partial charge on any atom is -0.396 e. The van der Waals surface area contributed by atoms with E-state index in [9.17, 15) is 0 Å². The highest BCUT2D eigenvalue weighted by atomic mass is 16.5. The van der Waals surface area contributed by atoms with E-state index in [0.29, 0.717) is 24.5 Å². The zero-order valence-corrected chi connectivity index (χ0v) is 6.71. The van der Waals surface area contributed by atoms with Gasteiger partial charge in [0.15, 0.2) is 0 Å². The first-order valence-corrected chi connectivity index (χ1v) is 3.98. The molecule has 0 amide bonds. The van der Waals surface area contributed by atoms with E-state index in [1.165, 1.54) is 0 Å². The van der Waals surface area contributed by atoms with Gasteiger partial charge in [-0.15, -0.1) is 0 Å². The molecular weight excluding hydrogens is 128 g/mol. The van der Waals surface area contributed by atoms with Crippen molar-refractivity contribution in [1.82, 2.24) is 0 Å². The topological polar surface area (TPSA) is 29.5 Å². The third kappa shape index (κ3) is 1.50. The maximum Gasteiger partial charge on any atom is 0.0649 e. The third-order valence-corrected chi connectivity index (χ3v) is 2.12. The van der Waals surface area contributed by atoms with Crippen molar-refractivity contribution in [2.24, 2.45) is 11.8 Å². The average Bonchev–Trinajstić information content (AvgIpc) is 1.78. The predicted octanol–water partition coefficient (Wildman–Crippen LogP) is 1.04. The standard InChI is InChI=1S/C8H16O2/c1-6(2)8-7(3-4-9)5-10-8/h6-9H,3-5H2,1-2H3. The average molecular weight is 144 g/mol. The molecule has 60 valence electrons. The van der Waals surface area contributed by atoms with E-state index in [1.807, 2.05) is 0 Å². The highest BCUT2D eigenvalue weighted by Crippen LogP contribution is 2.28. The number of hydrogen-bond acceptors (Lipinski definition) is 2. The van der Waals surface area contributed by atoms with Crippen LogP contribution in [-0.4, -0.2) is 24.4 Å². The molecule has 2 unspecified atom stereocenters. The molecule has 10 heavy (non-hydrogen) atoms. The maximum atomic E-state index is 8.65. The summed E-state index contributed by atoms with van der Waals surface area (Å²) in [7, 11) is 0. The van der Waals surface area contributed by atoms with E-state index in [4.69, 9.17) is 9.84 Å². The van der Waals surface area contributed by atoms with Gasteiger partial charge in [0.05, 0.1) is 12.7 Å². The Balaban J connectivity index is 2.22. The summed E-state index contributed by atoms with van der Waals surface area (Å²) in [6, 6.07) is 0. The Morgan fingerprint density at radius 1 is 1.60 bits per heavy atom. The summed E-state index contributed by atoms with van der Waals surface area (Å²) >= 11 is 0. The van der Waals surface area contributed by atoms with Crippen molar-refractivity contribution in [2.45, 2.75) is 26.4 Å². The number of ether oxygens (including phenoxy) is 1. The lowest BCUT2D eigenvalue weighted by Gasteiger charge is -2.39. The maximum absolute atomic E-state index is 8.65. The fraction of sp³-hybridized carbons (Fsp3) is 1.00. The van der Waals surface area contributed by atoms with Crippen LogP contribution in [0.4, 0.5) is 0 Å². The molecule has 0 spiro atoms. The minimum atomic E-state index is 0.303. The van der Waals surface area contributed by atoms with Crippen LogP contribution in [-0.2, 0) is 4.74 Å². The molecule has 0 aliphatic carbocycles. The summed E-state index contributed by atoms with van der Waals surface area (Å²) in [5.41, 5.74) is 0. The monoisotopic (exact) mass is 144 g/mol. The van der Waals surface area contributed by atoms with Gasteiger partial charge in [-0.3, -0.25) is 0 Å². The largest absolute Gasteiger partial charge is 0.396 e. The van der Waals surface area contributed by atoms with E-state index in [-0.39, 0.29) is 0 Å². The van der Waals surface area contributed by atoms with Gasteiger partial charge in [-0.2, -0.15) is 0 Å². The van der Waals surface area contributed by atoms with Gasteiger partial charge < -0.3 is 9.84 Å². The third-order valence-electron chi connectivity index (χ3n) is 2.12. The Kier molecular flexibility index (Phi) is 2.69. The number of rotatable bonds is 3. The Hall–Kier alpha value is -0.0800. The van der Waals surface area contributed by atoms with Crippen molar-refractivity contribution in [3.05, 3.63) is 0 Å². The van der Waals surface area contributed by atoms with Crippen LogP contribution in [0.15, 0.2) is 0 Å². The second-order valence-electron chi connectivity index (χ2n) is 3.31. The van der Waals surface area contributed by atoms with E-state index in [1.54, 1.807) is 0 Å². The molecule has 0 aromatic rings. The zero-order chi connectivity index (χ0) is 7.56. The molecule has 1 heterocycles. The Morgan fingerprint density at radius 2 is 2.30 bits per heavy atom. The molecule has 1 aliphatic rings. The second kappa shape index (κ2) is 3.35. The fourth-order valence-corrected chi connectivity index (χ4v) is 1.49. The lowest BCUT2D eigenvalue weighted by atomic mass is 9.87. The highest BCUT2D eigenvalue weighted by Gasteiger charge is 2.33. The molecule has 1 saturated heterocycles. The van der Waals surface area contributed by atoms with Gasteiger partial charge in [0.2, 0.25) is 0 Å². The summed E-state index contributed by atoms with van der Waals surface area (Å²) in [6.45, 7) is 5.48. The molecule has 0 aromatic carbocycles. The summed E-state index contributed by atoms with van der Waals surface area (Å²) < 4.78 is 5.35.